The van der Waals surface area contributed by atoms with Gasteiger partial charge in [-0.3, -0.25) is 14.6 Å². The van der Waals surface area contributed by atoms with Crippen LogP contribution in [0.25, 0.3) is 0 Å². The van der Waals surface area contributed by atoms with Gasteiger partial charge in [-0.15, -0.1) is 0 Å². The van der Waals surface area contributed by atoms with Crippen LogP contribution in [0.4, 0.5) is 0 Å². The van der Waals surface area contributed by atoms with Gasteiger partial charge >= 0.3 is 0 Å². The Labute approximate surface area is 179 Å². The molecule has 0 unspecified atom stereocenters. The fourth-order valence-corrected chi connectivity index (χ4v) is 3.70. The molecule has 3 rings (SSSR count). The van der Waals surface area contributed by atoms with Gasteiger partial charge < -0.3 is 14.8 Å². The van der Waals surface area contributed by atoms with Gasteiger partial charge in [0.2, 0.25) is 5.91 Å². The lowest BCUT2D eigenvalue weighted by Crippen LogP contribution is -2.49. The standard InChI is InChI=1S/C24H33N3O3/c1-19-5-4-6-22(16-19)30-14-9-25-24(28)18-27-12-10-26(11-13-27)17-21-15-20(2)7-8-23(21)29-3/h4-8,15-16H,9-14,17-18H2,1-3H3,(H,25,28). The Balaban J connectivity index is 1.34. The molecule has 1 aliphatic rings. The third-order valence-corrected chi connectivity index (χ3v) is 5.34. The van der Waals surface area contributed by atoms with Crippen molar-refractivity contribution >= 4 is 5.91 Å². The van der Waals surface area contributed by atoms with Gasteiger partial charge in [0.15, 0.2) is 0 Å². The van der Waals surface area contributed by atoms with E-state index in [-0.39, 0.29) is 5.91 Å². The third kappa shape index (κ3) is 6.75. The Kier molecular flexibility index (Phi) is 8.11. The summed E-state index contributed by atoms with van der Waals surface area (Å²) in [6, 6.07) is 14.2. The van der Waals surface area contributed by atoms with Crippen LogP contribution in [0, 0.1) is 13.8 Å². The summed E-state index contributed by atoms with van der Waals surface area (Å²) in [4.78, 5) is 16.9. The number of aryl methyl sites for hydroxylation is 2. The van der Waals surface area contributed by atoms with E-state index in [0.29, 0.717) is 19.7 Å². The second kappa shape index (κ2) is 11.0. The Bertz CT molecular complexity index is 832. The van der Waals surface area contributed by atoms with Gasteiger partial charge in [0, 0.05) is 38.3 Å². The van der Waals surface area contributed by atoms with E-state index in [1.54, 1.807) is 7.11 Å². The molecule has 1 aliphatic heterocycles. The smallest absolute Gasteiger partial charge is 0.234 e. The molecular formula is C24H33N3O3. The minimum absolute atomic E-state index is 0.0524. The average Bonchev–Trinajstić information content (AvgIpc) is 2.73. The van der Waals surface area contributed by atoms with E-state index in [2.05, 4.69) is 34.2 Å². The second-order valence-electron chi connectivity index (χ2n) is 7.88. The lowest BCUT2D eigenvalue weighted by molar-refractivity contribution is -0.122. The van der Waals surface area contributed by atoms with Crippen LogP contribution in [-0.4, -0.2) is 68.7 Å². The topological polar surface area (TPSA) is 54.0 Å². The van der Waals surface area contributed by atoms with E-state index < -0.39 is 0 Å². The van der Waals surface area contributed by atoms with Crippen molar-refractivity contribution in [3.63, 3.8) is 0 Å². The molecule has 1 N–H and O–H groups in total. The molecular weight excluding hydrogens is 378 g/mol. The quantitative estimate of drug-likeness (QED) is 0.643. The number of carbonyl (C=O) groups is 1. The molecule has 6 nitrogen and oxygen atoms in total. The van der Waals surface area contributed by atoms with Crippen LogP contribution < -0.4 is 14.8 Å². The molecule has 0 saturated carbocycles. The van der Waals surface area contributed by atoms with Gasteiger partial charge in [0.05, 0.1) is 20.2 Å². The maximum Gasteiger partial charge on any atom is 0.234 e. The normalized spacial score (nSPS) is 15.0. The number of hydrogen-bond donors (Lipinski definition) is 1. The number of carbonyl (C=O) groups excluding carboxylic acids is 1. The SMILES string of the molecule is COc1ccc(C)cc1CN1CCN(CC(=O)NCCOc2cccc(C)c2)CC1. The molecule has 2 aromatic carbocycles. The molecule has 0 aliphatic carbocycles. The molecule has 0 bridgehead atoms. The summed E-state index contributed by atoms with van der Waals surface area (Å²) < 4.78 is 11.2. The molecule has 0 spiro atoms. The fourth-order valence-electron chi connectivity index (χ4n) is 3.70. The Morgan fingerprint density at radius 2 is 1.73 bits per heavy atom. The monoisotopic (exact) mass is 411 g/mol. The summed E-state index contributed by atoms with van der Waals surface area (Å²) in [6.07, 6.45) is 0. The van der Waals surface area contributed by atoms with Gasteiger partial charge in [0.25, 0.3) is 0 Å². The molecule has 0 atom stereocenters. The molecule has 162 valence electrons. The lowest BCUT2D eigenvalue weighted by Gasteiger charge is -2.34. The summed E-state index contributed by atoms with van der Waals surface area (Å²) >= 11 is 0. The predicted octanol–water partition coefficient (Wildman–Crippen LogP) is 2.62. The van der Waals surface area contributed by atoms with E-state index in [4.69, 9.17) is 9.47 Å². The number of hydrogen-bond acceptors (Lipinski definition) is 5. The fraction of sp³-hybridized carbons (Fsp3) is 0.458. The van der Waals surface area contributed by atoms with Crippen LogP contribution in [0.5, 0.6) is 11.5 Å². The lowest BCUT2D eigenvalue weighted by atomic mass is 10.1. The minimum Gasteiger partial charge on any atom is -0.496 e. The zero-order chi connectivity index (χ0) is 21.3. The number of piperazine rings is 1. The number of ether oxygens (including phenoxy) is 2. The van der Waals surface area contributed by atoms with Gasteiger partial charge in [-0.2, -0.15) is 0 Å². The number of methoxy groups -OCH3 is 1. The van der Waals surface area contributed by atoms with Crippen molar-refractivity contribution in [2.45, 2.75) is 20.4 Å². The first kappa shape index (κ1) is 22.1. The first-order valence-corrected chi connectivity index (χ1v) is 10.6. The van der Waals surface area contributed by atoms with E-state index in [1.165, 1.54) is 11.1 Å². The summed E-state index contributed by atoms with van der Waals surface area (Å²) in [5, 5.41) is 2.95. The Morgan fingerprint density at radius 3 is 2.47 bits per heavy atom. The first-order valence-electron chi connectivity index (χ1n) is 10.6. The second-order valence-corrected chi connectivity index (χ2v) is 7.88. The number of amides is 1. The zero-order valence-electron chi connectivity index (χ0n) is 18.3. The molecule has 0 aromatic heterocycles. The summed E-state index contributed by atoms with van der Waals surface area (Å²) in [7, 11) is 1.72. The van der Waals surface area contributed by atoms with Crippen LogP contribution in [0.15, 0.2) is 42.5 Å². The van der Waals surface area contributed by atoms with E-state index in [1.807, 2.05) is 37.3 Å². The highest BCUT2D eigenvalue weighted by Crippen LogP contribution is 2.22. The molecule has 30 heavy (non-hydrogen) atoms. The van der Waals surface area contributed by atoms with E-state index in [0.717, 1.165) is 49.8 Å². The van der Waals surface area contributed by atoms with Crippen molar-refractivity contribution in [1.82, 2.24) is 15.1 Å². The highest BCUT2D eigenvalue weighted by Gasteiger charge is 2.20. The Morgan fingerprint density at radius 1 is 1.00 bits per heavy atom. The van der Waals surface area contributed by atoms with E-state index >= 15 is 0 Å². The summed E-state index contributed by atoms with van der Waals surface area (Å²) in [5.74, 6) is 1.83. The zero-order valence-corrected chi connectivity index (χ0v) is 18.3. The van der Waals surface area contributed by atoms with Gasteiger partial charge in [0.1, 0.15) is 18.1 Å². The molecule has 0 radical (unpaired) electrons. The summed E-state index contributed by atoms with van der Waals surface area (Å²) in [6.45, 7) is 10.1. The Hall–Kier alpha value is -2.57. The highest BCUT2D eigenvalue weighted by molar-refractivity contribution is 5.78. The molecule has 1 amide bonds. The minimum atomic E-state index is 0.0524. The highest BCUT2D eigenvalue weighted by atomic mass is 16.5. The maximum absolute atomic E-state index is 12.2. The predicted molar refractivity (Wildman–Crippen MR) is 119 cm³/mol. The van der Waals surface area contributed by atoms with Crippen molar-refractivity contribution in [2.75, 3.05) is 53.0 Å². The maximum atomic E-state index is 12.2. The first-order chi connectivity index (χ1) is 14.5. The molecule has 6 heteroatoms. The van der Waals surface area contributed by atoms with Crippen molar-refractivity contribution in [2.24, 2.45) is 0 Å². The third-order valence-electron chi connectivity index (χ3n) is 5.34. The van der Waals surface area contributed by atoms with Crippen molar-refractivity contribution in [1.29, 1.82) is 0 Å². The number of rotatable bonds is 9. The van der Waals surface area contributed by atoms with Crippen molar-refractivity contribution in [3.05, 3.63) is 59.2 Å². The van der Waals surface area contributed by atoms with Crippen LogP contribution in [0.2, 0.25) is 0 Å². The molecule has 2 aromatic rings. The largest absolute Gasteiger partial charge is 0.496 e. The van der Waals surface area contributed by atoms with Crippen molar-refractivity contribution < 1.29 is 14.3 Å². The molecule has 1 heterocycles. The average molecular weight is 412 g/mol. The van der Waals surface area contributed by atoms with Crippen LogP contribution in [0.1, 0.15) is 16.7 Å². The van der Waals surface area contributed by atoms with Crippen molar-refractivity contribution in [3.8, 4) is 11.5 Å². The van der Waals surface area contributed by atoms with Crippen LogP contribution >= 0.6 is 0 Å². The van der Waals surface area contributed by atoms with Gasteiger partial charge in [-0.1, -0.05) is 29.8 Å². The van der Waals surface area contributed by atoms with Gasteiger partial charge in [-0.05, 0) is 37.6 Å². The molecule has 1 saturated heterocycles. The number of nitrogens with one attached hydrogen (secondary N) is 1. The van der Waals surface area contributed by atoms with Gasteiger partial charge in [-0.25, -0.2) is 0 Å². The number of benzene rings is 2. The van der Waals surface area contributed by atoms with Crippen LogP contribution in [-0.2, 0) is 11.3 Å². The van der Waals surface area contributed by atoms with E-state index in [9.17, 15) is 4.79 Å². The number of nitrogens with zero attached hydrogens (tertiary/aromatic N) is 2. The summed E-state index contributed by atoms with van der Waals surface area (Å²) in [5.41, 5.74) is 3.63. The van der Waals surface area contributed by atoms with Crippen LogP contribution in [0.3, 0.4) is 0 Å². The molecule has 1 fully saturated rings.